The van der Waals surface area contributed by atoms with Gasteiger partial charge in [-0.2, -0.15) is 0 Å². The van der Waals surface area contributed by atoms with Gasteiger partial charge in [-0.1, -0.05) is 0 Å². The van der Waals surface area contributed by atoms with Crippen molar-refractivity contribution >= 4 is 29.7 Å². The molecule has 4 rings (SSSR count). The van der Waals surface area contributed by atoms with Crippen molar-refractivity contribution in [2.45, 2.75) is 19.9 Å². The van der Waals surface area contributed by atoms with Gasteiger partial charge < -0.3 is 20.1 Å². The van der Waals surface area contributed by atoms with Crippen LogP contribution in [-0.2, 0) is 11.3 Å². The molecular formula is C19H23ClN2O3S. The van der Waals surface area contributed by atoms with Crippen molar-refractivity contribution in [1.29, 1.82) is 0 Å². The van der Waals surface area contributed by atoms with Gasteiger partial charge in [0.1, 0.15) is 6.61 Å². The smallest absolute Gasteiger partial charge is 0.227 e. The predicted molar refractivity (Wildman–Crippen MR) is 105 cm³/mol. The van der Waals surface area contributed by atoms with Crippen LogP contribution >= 0.6 is 23.7 Å². The summed E-state index contributed by atoms with van der Waals surface area (Å²) in [5.41, 5.74) is 1.84. The summed E-state index contributed by atoms with van der Waals surface area (Å²) < 4.78 is 5.76. The summed E-state index contributed by atoms with van der Waals surface area (Å²) in [6.45, 7) is 5.16. The summed E-state index contributed by atoms with van der Waals surface area (Å²) in [5.74, 6) is 0.892. The average molecular weight is 395 g/mol. The first-order chi connectivity index (χ1) is 12.1. The largest absolute Gasteiger partial charge is 0.504 e. The van der Waals surface area contributed by atoms with Crippen molar-refractivity contribution in [3.63, 3.8) is 0 Å². The van der Waals surface area contributed by atoms with E-state index >= 15 is 0 Å². The fourth-order valence-electron chi connectivity index (χ4n) is 3.54. The zero-order valence-electron chi connectivity index (χ0n) is 14.7. The number of phenols is 1. The predicted octanol–water partition coefficient (Wildman–Crippen LogP) is 3.18. The van der Waals surface area contributed by atoms with Gasteiger partial charge in [-0.05, 0) is 49.7 Å². The summed E-state index contributed by atoms with van der Waals surface area (Å²) in [4.78, 5) is 17.0. The fourth-order valence-corrected chi connectivity index (χ4v) is 4.40. The number of rotatable bonds is 2. The van der Waals surface area contributed by atoms with E-state index in [-0.39, 0.29) is 30.0 Å². The molecule has 7 heteroatoms. The standard InChI is InChI=1S/C19H22N2O3S.ClH/c1-12-2-3-17(25-12)14-8-15-11-21(19(23)13-4-5-20-10-13)6-7-24-18(15)16(22)9-14;/h2-3,8-9,13,20,22H,4-7,10-11H2,1H3;1H. The minimum atomic E-state index is 0. The van der Waals surface area contributed by atoms with E-state index in [1.807, 2.05) is 11.0 Å². The highest BCUT2D eigenvalue weighted by Crippen LogP contribution is 2.39. The Labute approximate surface area is 163 Å². The Morgan fingerprint density at radius 1 is 1.38 bits per heavy atom. The molecule has 1 unspecified atom stereocenters. The Morgan fingerprint density at radius 3 is 2.92 bits per heavy atom. The zero-order valence-corrected chi connectivity index (χ0v) is 16.3. The molecule has 1 atom stereocenters. The van der Waals surface area contributed by atoms with E-state index in [4.69, 9.17) is 4.74 Å². The third-order valence-electron chi connectivity index (χ3n) is 4.86. The van der Waals surface area contributed by atoms with E-state index in [0.29, 0.717) is 25.4 Å². The molecule has 0 aliphatic carbocycles. The van der Waals surface area contributed by atoms with E-state index in [1.54, 1.807) is 17.4 Å². The van der Waals surface area contributed by atoms with Crippen LogP contribution in [0.25, 0.3) is 10.4 Å². The molecule has 0 saturated carbocycles. The number of nitrogens with one attached hydrogen (secondary N) is 1. The number of amides is 1. The number of thiophene rings is 1. The van der Waals surface area contributed by atoms with E-state index < -0.39 is 0 Å². The van der Waals surface area contributed by atoms with Gasteiger partial charge in [-0.3, -0.25) is 4.79 Å². The monoisotopic (exact) mass is 394 g/mol. The Hall–Kier alpha value is -1.76. The number of phenolic OH excluding ortho intramolecular Hbond substituents is 1. The normalized spacial score (nSPS) is 19.3. The summed E-state index contributed by atoms with van der Waals surface area (Å²) in [6.07, 6.45) is 0.892. The van der Waals surface area contributed by atoms with Gasteiger partial charge in [0.15, 0.2) is 11.5 Å². The topological polar surface area (TPSA) is 61.8 Å². The van der Waals surface area contributed by atoms with Crippen molar-refractivity contribution < 1.29 is 14.6 Å². The lowest BCUT2D eigenvalue weighted by molar-refractivity contribution is -0.135. The number of nitrogens with zero attached hydrogens (tertiary/aromatic N) is 1. The van der Waals surface area contributed by atoms with E-state index in [1.165, 1.54) is 4.88 Å². The molecule has 2 aromatic rings. The highest BCUT2D eigenvalue weighted by atomic mass is 35.5. The van der Waals surface area contributed by atoms with Gasteiger partial charge in [0.25, 0.3) is 0 Å². The van der Waals surface area contributed by atoms with Crippen LogP contribution in [0.1, 0.15) is 16.9 Å². The first-order valence-corrected chi connectivity index (χ1v) is 9.48. The third-order valence-corrected chi connectivity index (χ3v) is 5.91. The van der Waals surface area contributed by atoms with Crippen molar-refractivity contribution in [3.8, 4) is 21.9 Å². The van der Waals surface area contributed by atoms with Crippen LogP contribution in [-0.4, -0.2) is 42.2 Å². The fraction of sp³-hybridized carbons (Fsp3) is 0.421. The average Bonchev–Trinajstić information content (AvgIpc) is 3.22. The van der Waals surface area contributed by atoms with Crippen LogP contribution in [0, 0.1) is 12.8 Å². The minimum Gasteiger partial charge on any atom is -0.504 e. The number of benzene rings is 1. The highest BCUT2D eigenvalue weighted by Gasteiger charge is 2.29. The Balaban J connectivity index is 0.00000196. The van der Waals surface area contributed by atoms with Crippen molar-refractivity contribution in [2.24, 2.45) is 5.92 Å². The number of aromatic hydroxyl groups is 1. The number of carbonyl (C=O) groups is 1. The lowest BCUT2D eigenvalue weighted by Crippen LogP contribution is -2.37. The minimum absolute atomic E-state index is 0. The van der Waals surface area contributed by atoms with E-state index in [0.717, 1.165) is 35.5 Å². The number of ether oxygens (including phenoxy) is 1. The van der Waals surface area contributed by atoms with Crippen molar-refractivity contribution in [1.82, 2.24) is 10.2 Å². The van der Waals surface area contributed by atoms with Gasteiger partial charge >= 0.3 is 0 Å². The highest BCUT2D eigenvalue weighted by molar-refractivity contribution is 7.15. The molecule has 0 radical (unpaired) electrons. The molecule has 2 N–H and O–H groups in total. The van der Waals surface area contributed by atoms with Crippen LogP contribution in [0.4, 0.5) is 0 Å². The maximum atomic E-state index is 12.8. The van der Waals surface area contributed by atoms with Crippen LogP contribution < -0.4 is 10.1 Å². The maximum absolute atomic E-state index is 12.8. The van der Waals surface area contributed by atoms with Crippen LogP contribution in [0.3, 0.4) is 0 Å². The van der Waals surface area contributed by atoms with Gasteiger partial charge in [0.2, 0.25) is 5.91 Å². The van der Waals surface area contributed by atoms with Crippen LogP contribution in [0.5, 0.6) is 11.5 Å². The van der Waals surface area contributed by atoms with Crippen LogP contribution in [0.15, 0.2) is 24.3 Å². The van der Waals surface area contributed by atoms with Crippen LogP contribution in [0.2, 0.25) is 0 Å². The molecule has 1 amide bonds. The molecule has 1 fully saturated rings. The van der Waals surface area contributed by atoms with Gasteiger partial charge in [0, 0.05) is 28.4 Å². The Kier molecular flexibility index (Phi) is 5.75. The lowest BCUT2D eigenvalue weighted by atomic mass is 10.0. The Morgan fingerprint density at radius 2 is 2.23 bits per heavy atom. The number of carbonyl (C=O) groups excluding carboxylic acids is 1. The lowest BCUT2D eigenvalue weighted by Gasteiger charge is -2.23. The second kappa shape index (κ2) is 7.86. The van der Waals surface area contributed by atoms with Crippen molar-refractivity contribution in [3.05, 3.63) is 34.7 Å². The molecule has 5 nitrogen and oxygen atoms in total. The molecular weight excluding hydrogens is 372 g/mol. The second-order valence-electron chi connectivity index (χ2n) is 6.69. The first kappa shape index (κ1) is 19.0. The summed E-state index contributed by atoms with van der Waals surface area (Å²) in [7, 11) is 0. The zero-order chi connectivity index (χ0) is 17.4. The van der Waals surface area contributed by atoms with Gasteiger partial charge in [-0.15, -0.1) is 23.7 Å². The molecule has 0 bridgehead atoms. The van der Waals surface area contributed by atoms with Gasteiger partial charge in [-0.25, -0.2) is 0 Å². The molecule has 2 aliphatic heterocycles. The molecule has 1 aromatic heterocycles. The van der Waals surface area contributed by atoms with Crippen molar-refractivity contribution in [2.75, 3.05) is 26.2 Å². The van der Waals surface area contributed by atoms with E-state index in [2.05, 4.69) is 24.4 Å². The number of fused-ring (bicyclic) bond motifs is 1. The molecule has 26 heavy (non-hydrogen) atoms. The summed E-state index contributed by atoms with van der Waals surface area (Å²) in [6, 6.07) is 7.93. The molecule has 0 spiro atoms. The summed E-state index contributed by atoms with van der Waals surface area (Å²) in [5, 5.41) is 13.7. The Bertz CT molecular complexity index is 802. The molecule has 1 saturated heterocycles. The van der Waals surface area contributed by atoms with Gasteiger partial charge in [0.05, 0.1) is 12.5 Å². The number of halogens is 1. The molecule has 1 aromatic carbocycles. The second-order valence-corrected chi connectivity index (χ2v) is 7.98. The third kappa shape index (κ3) is 3.68. The quantitative estimate of drug-likeness (QED) is 0.821. The van der Waals surface area contributed by atoms with E-state index in [9.17, 15) is 9.90 Å². The molecule has 140 valence electrons. The summed E-state index contributed by atoms with van der Waals surface area (Å²) >= 11 is 1.69. The number of hydrogen-bond acceptors (Lipinski definition) is 5. The maximum Gasteiger partial charge on any atom is 0.227 e. The number of aryl methyl sites for hydroxylation is 1. The number of hydrogen-bond donors (Lipinski definition) is 2. The SMILES string of the molecule is Cc1ccc(-c2cc(O)c3c(c2)CN(C(=O)C2CCNC2)CCO3)s1.Cl. The molecule has 3 heterocycles. The first-order valence-electron chi connectivity index (χ1n) is 8.67. The molecule has 2 aliphatic rings.